The maximum atomic E-state index is 12.3. The molecule has 0 unspecified atom stereocenters. The number of fused-ring (bicyclic) bond motifs is 1. The highest BCUT2D eigenvalue weighted by atomic mass is 16.6. The molecule has 3 aromatic rings. The van der Waals surface area contributed by atoms with Gasteiger partial charge in [-0.1, -0.05) is 30.3 Å². The van der Waals surface area contributed by atoms with Crippen LogP contribution in [0.2, 0.25) is 0 Å². The minimum atomic E-state index is -0.677. The predicted octanol–water partition coefficient (Wildman–Crippen LogP) is 0.721. The second-order valence-corrected chi connectivity index (χ2v) is 5.08. The second-order valence-electron chi connectivity index (χ2n) is 5.08. The van der Waals surface area contributed by atoms with Gasteiger partial charge in [-0.3, -0.25) is 18.6 Å². The fraction of sp³-hybridized carbons (Fsp3) is 0.133. The van der Waals surface area contributed by atoms with E-state index in [0.717, 1.165) is 16.3 Å². The molecule has 9 heteroatoms. The molecule has 0 saturated carbocycles. The summed E-state index contributed by atoms with van der Waals surface area (Å²) in [5, 5.41) is 13.4. The Morgan fingerprint density at radius 1 is 1.25 bits per heavy atom. The number of aromatic nitrogens is 3. The largest absolute Gasteiger partial charge is 0.382 e. The van der Waals surface area contributed by atoms with Crippen molar-refractivity contribution >= 4 is 17.4 Å². The monoisotopic (exact) mass is 327 g/mol. The van der Waals surface area contributed by atoms with Crippen molar-refractivity contribution in [3.8, 4) is 0 Å². The highest BCUT2D eigenvalue weighted by Crippen LogP contribution is 2.08. The lowest BCUT2D eigenvalue weighted by Gasteiger charge is -2.07. The Hall–Kier alpha value is -3.49. The van der Waals surface area contributed by atoms with E-state index >= 15 is 0 Å². The normalized spacial score (nSPS) is 10.7. The van der Waals surface area contributed by atoms with Crippen molar-refractivity contribution < 1.29 is 9.72 Å². The van der Waals surface area contributed by atoms with Gasteiger partial charge in [0, 0.05) is 18.9 Å². The van der Waals surface area contributed by atoms with Crippen molar-refractivity contribution in [1.82, 2.24) is 19.3 Å². The molecule has 0 saturated heterocycles. The summed E-state index contributed by atoms with van der Waals surface area (Å²) in [5.41, 5.74) is 0.276. The van der Waals surface area contributed by atoms with Crippen LogP contribution in [0.3, 0.4) is 0 Å². The Labute approximate surface area is 135 Å². The van der Waals surface area contributed by atoms with Gasteiger partial charge < -0.3 is 15.4 Å². The lowest BCUT2D eigenvalue weighted by molar-refractivity contribution is -0.389. The number of carbonyl (C=O) groups is 1. The van der Waals surface area contributed by atoms with Gasteiger partial charge >= 0.3 is 17.0 Å². The first-order chi connectivity index (χ1) is 11.5. The first kappa shape index (κ1) is 15.4. The Balaban J connectivity index is 1.75. The van der Waals surface area contributed by atoms with Gasteiger partial charge in [0.2, 0.25) is 5.91 Å². The van der Waals surface area contributed by atoms with Crippen molar-refractivity contribution in [3.05, 3.63) is 75.0 Å². The Morgan fingerprint density at radius 2 is 2.00 bits per heavy atom. The lowest BCUT2D eigenvalue weighted by Crippen LogP contribution is -2.32. The van der Waals surface area contributed by atoms with Crippen LogP contribution in [0.25, 0.3) is 5.65 Å². The number of carbonyl (C=O) groups excluding carboxylic acids is 1. The van der Waals surface area contributed by atoms with Crippen molar-refractivity contribution in [3.63, 3.8) is 0 Å². The van der Waals surface area contributed by atoms with Crippen LogP contribution < -0.4 is 10.9 Å². The molecular weight excluding hydrogens is 314 g/mol. The van der Waals surface area contributed by atoms with Gasteiger partial charge in [0.15, 0.2) is 0 Å². The van der Waals surface area contributed by atoms with E-state index in [-0.39, 0.29) is 18.1 Å². The SMILES string of the molecule is O=C(Cn1ccn2cc([N+](=O)[O-])nc2c1=O)NCc1ccccc1. The first-order valence-corrected chi connectivity index (χ1v) is 7.08. The van der Waals surface area contributed by atoms with Gasteiger partial charge in [-0.25, -0.2) is 0 Å². The molecule has 0 aliphatic heterocycles. The smallest absolute Gasteiger partial charge is 0.358 e. The molecular formula is C15H13N5O4. The minimum Gasteiger partial charge on any atom is -0.358 e. The zero-order valence-electron chi connectivity index (χ0n) is 12.5. The summed E-state index contributed by atoms with van der Waals surface area (Å²) in [5.74, 6) is -0.760. The average Bonchev–Trinajstić information content (AvgIpc) is 3.02. The van der Waals surface area contributed by atoms with Crippen molar-refractivity contribution in [2.75, 3.05) is 0 Å². The summed E-state index contributed by atoms with van der Waals surface area (Å²) in [7, 11) is 0. The molecule has 0 aliphatic rings. The van der Waals surface area contributed by atoms with E-state index in [1.54, 1.807) is 0 Å². The molecule has 2 heterocycles. The molecule has 3 rings (SSSR count). The Kier molecular flexibility index (Phi) is 4.06. The molecule has 1 aromatic carbocycles. The topological polar surface area (TPSA) is 112 Å². The number of imidazole rings is 1. The van der Waals surface area contributed by atoms with Crippen LogP contribution in [0.5, 0.6) is 0 Å². The molecule has 1 N–H and O–H groups in total. The van der Waals surface area contributed by atoms with Crippen molar-refractivity contribution in [1.29, 1.82) is 0 Å². The summed E-state index contributed by atoms with van der Waals surface area (Å²) >= 11 is 0. The summed E-state index contributed by atoms with van der Waals surface area (Å²) < 4.78 is 2.42. The van der Waals surface area contributed by atoms with Crippen LogP contribution in [-0.4, -0.2) is 24.8 Å². The first-order valence-electron chi connectivity index (χ1n) is 7.08. The molecule has 0 spiro atoms. The molecule has 9 nitrogen and oxygen atoms in total. The van der Waals surface area contributed by atoms with Gasteiger partial charge in [0.1, 0.15) is 12.7 Å². The predicted molar refractivity (Wildman–Crippen MR) is 84.4 cm³/mol. The highest BCUT2D eigenvalue weighted by Gasteiger charge is 2.18. The maximum absolute atomic E-state index is 12.3. The zero-order chi connectivity index (χ0) is 17.1. The molecule has 24 heavy (non-hydrogen) atoms. The fourth-order valence-electron chi connectivity index (χ4n) is 2.22. The third kappa shape index (κ3) is 3.14. The molecule has 0 radical (unpaired) electrons. The third-order valence-corrected chi connectivity index (χ3v) is 3.41. The van der Waals surface area contributed by atoms with Crippen molar-refractivity contribution in [2.24, 2.45) is 0 Å². The van der Waals surface area contributed by atoms with Crippen LogP contribution in [0.4, 0.5) is 5.82 Å². The van der Waals surface area contributed by atoms with Gasteiger partial charge in [0.25, 0.3) is 0 Å². The van der Waals surface area contributed by atoms with E-state index in [0.29, 0.717) is 6.54 Å². The molecule has 0 bridgehead atoms. The summed E-state index contributed by atoms with van der Waals surface area (Å²) in [6, 6.07) is 9.37. The van der Waals surface area contributed by atoms with Crippen LogP contribution in [0, 0.1) is 10.1 Å². The van der Waals surface area contributed by atoms with E-state index in [1.807, 2.05) is 30.3 Å². The standard InChI is InChI=1S/C15H13N5O4/c21-13(16-8-11-4-2-1-3-5-11)10-19-7-6-18-9-12(20(23)24)17-14(18)15(19)22/h1-7,9H,8,10H2,(H,16,21). The van der Waals surface area contributed by atoms with E-state index in [9.17, 15) is 19.7 Å². The summed E-state index contributed by atoms with van der Waals surface area (Å²) in [6.07, 6.45) is 3.99. The fourth-order valence-corrected chi connectivity index (χ4v) is 2.22. The number of rotatable bonds is 5. The van der Waals surface area contributed by atoms with E-state index in [1.165, 1.54) is 16.8 Å². The van der Waals surface area contributed by atoms with Gasteiger partial charge in [0.05, 0.1) is 0 Å². The minimum absolute atomic E-state index is 0.0972. The molecule has 1 amide bonds. The van der Waals surface area contributed by atoms with Crippen LogP contribution in [-0.2, 0) is 17.9 Å². The molecule has 2 aromatic heterocycles. The zero-order valence-corrected chi connectivity index (χ0v) is 12.5. The van der Waals surface area contributed by atoms with Crippen LogP contribution >= 0.6 is 0 Å². The molecule has 0 fully saturated rings. The van der Waals surface area contributed by atoms with Crippen LogP contribution in [0.15, 0.2) is 53.7 Å². The summed E-state index contributed by atoms with van der Waals surface area (Å²) in [6.45, 7) is 0.161. The summed E-state index contributed by atoms with van der Waals surface area (Å²) in [4.78, 5) is 37.9. The number of benzene rings is 1. The lowest BCUT2D eigenvalue weighted by atomic mass is 10.2. The number of nitro groups is 1. The third-order valence-electron chi connectivity index (χ3n) is 3.41. The van der Waals surface area contributed by atoms with Crippen LogP contribution in [0.1, 0.15) is 5.56 Å². The van der Waals surface area contributed by atoms with Gasteiger partial charge in [-0.15, -0.1) is 0 Å². The Morgan fingerprint density at radius 3 is 2.71 bits per heavy atom. The van der Waals surface area contributed by atoms with E-state index < -0.39 is 16.3 Å². The average molecular weight is 327 g/mol. The highest BCUT2D eigenvalue weighted by molar-refractivity contribution is 5.75. The van der Waals surface area contributed by atoms with Crippen molar-refractivity contribution in [2.45, 2.75) is 13.1 Å². The number of hydrogen-bond donors (Lipinski definition) is 1. The van der Waals surface area contributed by atoms with Gasteiger partial charge in [-0.05, 0) is 15.5 Å². The van der Waals surface area contributed by atoms with Gasteiger partial charge in [-0.2, -0.15) is 0 Å². The Bertz CT molecular complexity index is 961. The second kappa shape index (κ2) is 6.32. The molecule has 0 aliphatic carbocycles. The quantitative estimate of drug-likeness (QED) is 0.548. The maximum Gasteiger partial charge on any atom is 0.382 e. The van der Waals surface area contributed by atoms with E-state index in [4.69, 9.17) is 0 Å². The number of nitrogens with zero attached hydrogens (tertiary/aromatic N) is 4. The van der Waals surface area contributed by atoms with E-state index in [2.05, 4.69) is 10.3 Å². The molecule has 0 atom stereocenters. The molecule has 122 valence electrons. The number of amides is 1. The number of hydrogen-bond acceptors (Lipinski definition) is 5. The number of nitrogens with one attached hydrogen (secondary N) is 1.